The monoisotopic (exact) mass is 391 g/mol. The molecule has 1 saturated heterocycles. The fourth-order valence-corrected chi connectivity index (χ4v) is 3.72. The predicted molar refractivity (Wildman–Crippen MR) is 111 cm³/mol. The van der Waals surface area contributed by atoms with Gasteiger partial charge in [-0.05, 0) is 36.6 Å². The summed E-state index contributed by atoms with van der Waals surface area (Å²) in [6, 6.07) is 16.5. The molecule has 0 spiro atoms. The lowest BCUT2D eigenvalue weighted by molar-refractivity contribution is -0.149. The Hall–Kier alpha value is -3.12. The summed E-state index contributed by atoms with van der Waals surface area (Å²) in [6.45, 7) is 1.01. The maximum atomic E-state index is 12.9. The Morgan fingerprint density at radius 3 is 2.69 bits per heavy atom. The van der Waals surface area contributed by atoms with Crippen molar-refractivity contribution in [3.63, 3.8) is 0 Å². The van der Waals surface area contributed by atoms with Crippen molar-refractivity contribution < 1.29 is 14.3 Å². The highest BCUT2D eigenvalue weighted by atomic mass is 16.5. The number of hydrogen-bond donors (Lipinski definition) is 3. The molecule has 6 heteroatoms. The number of esters is 1. The number of carbonyl (C=O) groups excluding carboxylic acids is 2. The molecule has 150 valence electrons. The molecule has 29 heavy (non-hydrogen) atoms. The maximum absolute atomic E-state index is 12.9. The van der Waals surface area contributed by atoms with Crippen LogP contribution in [0, 0.1) is 0 Å². The van der Waals surface area contributed by atoms with E-state index in [1.807, 2.05) is 60.8 Å². The summed E-state index contributed by atoms with van der Waals surface area (Å²) in [5.74, 6) is -0.575. The molecule has 1 aromatic heterocycles. The summed E-state index contributed by atoms with van der Waals surface area (Å²) < 4.78 is 5.53. The summed E-state index contributed by atoms with van der Waals surface area (Å²) in [5.41, 5.74) is 2.89. The number of rotatable bonds is 7. The minimum Gasteiger partial charge on any atom is -0.459 e. The van der Waals surface area contributed by atoms with E-state index in [9.17, 15) is 9.59 Å². The minimum absolute atomic E-state index is 0.149. The summed E-state index contributed by atoms with van der Waals surface area (Å²) in [5, 5.41) is 7.13. The number of nitrogens with one attached hydrogen (secondary N) is 3. The van der Waals surface area contributed by atoms with Crippen molar-refractivity contribution in [1.82, 2.24) is 15.6 Å². The number of para-hydroxylation sites is 1. The van der Waals surface area contributed by atoms with E-state index in [0.29, 0.717) is 6.42 Å². The second kappa shape index (κ2) is 8.92. The molecule has 0 bridgehead atoms. The molecule has 6 nitrogen and oxygen atoms in total. The minimum atomic E-state index is -0.743. The normalized spacial score (nSPS) is 17.2. The molecule has 2 atom stereocenters. The van der Waals surface area contributed by atoms with Crippen molar-refractivity contribution in [2.45, 2.75) is 38.0 Å². The number of amides is 1. The number of H-pyrrole nitrogens is 1. The molecule has 3 N–H and O–H groups in total. The third kappa shape index (κ3) is 4.66. The highest BCUT2D eigenvalue weighted by molar-refractivity contribution is 5.89. The summed E-state index contributed by atoms with van der Waals surface area (Å²) in [7, 11) is 0. The summed E-state index contributed by atoms with van der Waals surface area (Å²) in [4.78, 5) is 28.7. The van der Waals surface area contributed by atoms with Crippen LogP contribution < -0.4 is 10.6 Å². The zero-order chi connectivity index (χ0) is 20.1. The third-order valence-corrected chi connectivity index (χ3v) is 5.30. The van der Waals surface area contributed by atoms with Gasteiger partial charge in [0.15, 0.2) is 0 Å². The lowest BCUT2D eigenvalue weighted by Crippen LogP contribution is -2.49. The molecule has 1 amide bonds. The highest BCUT2D eigenvalue weighted by Gasteiger charge is 2.29. The van der Waals surface area contributed by atoms with Crippen LogP contribution in [-0.2, 0) is 27.4 Å². The first kappa shape index (κ1) is 19.2. The molecule has 2 heterocycles. The average molecular weight is 391 g/mol. The quantitative estimate of drug-likeness (QED) is 0.541. The van der Waals surface area contributed by atoms with Gasteiger partial charge < -0.3 is 20.4 Å². The van der Waals surface area contributed by atoms with Crippen molar-refractivity contribution >= 4 is 22.8 Å². The van der Waals surface area contributed by atoms with Crippen molar-refractivity contribution in [1.29, 1.82) is 0 Å². The Kier molecular flexibility index (Phi) is 5.91. The summed E-state index contributed by atoms with van der Waals surface area (Å²) >= 11 is 0. The van der Waals surface area contributed by atoms with Gasteiger partial charge in [-0.2, -0.15) is 0 Å². The first-order valence-corrected chi connectivity index (χ1v) is 10.00. The number of aromatic amines is 1. The van der Waals surface area contributed by atoms with E-state index in [0.717, 1.165) is 41.4 Å². The molecule has 1 aliphatic heterocycles. The second-order valence-electron chi connectivity index (χ2n) is 7.37. The third-order valence-electron chi connectivity index (χ3n) is 5.30. The number of benzene rings is 2. The van der Waals surface area contributed by atoms with Gasteiger partial charge in [-0.15, -0.1) is 0 Å². The lowest BCUT2D eigenvalue weighted by Gasteiger charge is -2.20. The molecule has 1 fully saturated rings. The molecular weight excluding hydrogens is 366 g/mol. The van der Waals surface area contributed by atoms with E-state index in [1.54, 1.807) is 0 Å². The highest BCUT2D eigenvalue weighted by Crippen LogP contribution is 2.20. The SMILES string of the molecule is O=C(N[C@@H](Cc1c[nH]c2ccccc12)C(=O)OCc1ccccc1)[C@@H]1CCCN1. The van der Waals surface area contributed by atoms with Crippen molar-refractivity contribution in [2.75, 3.05) is 6.54 Å². The Morgan fingerprint density at radius 1 is 1.10 bits per heavy atom. The van der Waals surface area contributed by atoms with Crippen LogP contribution in [0.2, 0.25) is 0 Å². The van der Waals surface area contributed by atoms with Gasteiger partial charge in [0.1, 0.15) is 12.6 Å². The van der Waals surface area contributed by atoms with E-state index in [-0.39, 0.29) is 18.6 Å². The van der Waals surface area contributed by atoms with E-state index in [1.165, 1.54) is 0 Å². The van der Waals surface area contributed by atoms with E-state index in [2.05, 4.69) is 15.6 Å². The van der Waals surface area contributed by atoms with Crippen LogP contribution in [0.25, 0.3) is 10.9 Å². The molecule has 1 aliphatic rings. The predicted octanol–water partition coefficient (Wildman–Crippen LogP) is 2.69. The fraction of sp³-hybridized carbons (Fsp3) is 0.304. The van der Waals surface area contributed by atoms with Crippen LogP contribution in [0.3, 0.4) is 0 Å². The number of carbonyl (C=O) groups is 2. The van der Waals surface area contributed by atoms with E-state index in [4.69, 9.17) is 4.74 Å². The maximum Gasteiger partial charge on any atom is 0.329 e. The van der Waals surface area contributed by atoms with Crippen LogP contribution >= 0.6 is 0 Å². The van der Waals surface area contributed by atoms with Gasteiger partial charge in [-0.25, -0.2) is 4.79 Å². The summed E-state index contributed by atoms with van der Waals surface area (Å²) in [6.07, 6.45) is 4.01. The van der Waals surface area contributed by atoms with Crippen molar-refractivity contribution in [2.24, 2.45) is 0 Å². The molecule has 0 aliphatic carbocycles. The van der Waals surface area contributed by atoms with Gasteiger partial charge in [0.25, 0.3) is 0 Å². The Balaban J connectivity index is 1.49. The van der Waals surface area contributed by atoms with Crippen LogP contribution in [0.4, 0.5) is 0 Å². The van der Waals surface area contributed by atoms with Gasteiger partial charge >= 0.3 is 5.97 Å². The topological polar surface area (TPSA) is 83.2 Å². The number of fused-ring (bicyclic) bond motifs is 1. The van der Waals surface area contributed by atoms with E-state index < -0.39 is 12.0 Å². The number of aromatic nitrogens is 1. The Labute approximate surface area is 169 Å². The zero-order valence-electron chi connectivity index (χ0n) is 16.2. The average Bonchev–Trinajstić information content (AvgIpc) is 3.43. The second-order valence-corrected chi connectivity index (χ2v) is 7.37. The molecule has 0 radical (unpaired) electrons. The van der Waals surface area contributed by atoms with Gasteiger partial charge in [0.2, 0.25) is 5.91 Å². The van der Waals surface area contributed by atoms with Gasteiger partial charge in [-0.1, -0.05) is 48.5 Å². The van der Waals surface area contributed by atoms with Gasteiger partial charge in [0, 0.05) is 23.5 Å². The van der Waals surface area contributed by atoms with Crippen LogP contribution in [-0.4, -0.2) is 35.5 Å². The Morgan fingerprint density at radius 2 is 1.90 bits per heavy atom. The molecule has 0 unspecified atom stereocenters. The van der Waals surface area contributed by atoms with Crippen molar-refractivity contribution in [3.05, 3.63) is 71.9 Å². The molecule has 0 saturated carbocycles. The number of hydrogen-bond acceptors (Lipinski definition) is 4. The fourth-order valence-electron chi connectivity index (χ4n) is 3.72. The lowest BCUT2D eigenvalue weighted by atomic mass is 10.0. The van der Waals surface area contributed by atoms with E-state index >= 15 is 0 Å². The van der Waals surface area contributed by atoms with Crippen LogP contribution in [0.15, 0.2) is 60.8 Å². The molecule has 2 aromatic carbocycles. The van der Waals surface area contributed by atoms with Gasteiger partial charge in [-0.3, -0.25) is 4.79 Å². The molecular formula is C23H25N3O3. The van der Waals surface area contributed by atoms with Crippen molar-refractivity contribution in [3.8, 4) is 0 Å². The first-order valence-electron chi connectivity index (χ1n) is 10.00. The smallest absolute Gasteiger partial charge is 0.329 e. The standard InChI is InChI=1S/C23H25N3O3/c27-22(20-11-6-12-24-20)26-21(23(28)29-15-16-7-2-1-3-8-16)13-17-14-25-19-10-5-4-9-18(17)19/h1-5,7-10,14,20-21,24-25H,6,11-13,15H2,(H,26,27)/t20-,21-/m0/s1. The molecule has 4 rings (SSSR count). The Bertz CT molecular complexity index is 977. The zero-order valence-corrected chi connectivity index (χ0v) is 16.2. The van der Waals surface area contributed by atoms with Gasteiger partial charge in [0.05, 0.1) is 6.04 Å². The van der Waals surface area contributed by atoms with Crippen LogP contribution in [0.1, 0.15) is 24.0 Å². The largest absolute Gasteiger partial charge is 0.459 e. The first-order chi connectivity index (χ1) is 14.2. The van der Waals surface area contributed by atoms with Crippen LogP contribution in [0.5, 0.6) is 0 Å². The number of ether oxygens (including phenoxy) is 1. The molecule has 3 aromatic rings.